The summed E-state index contributed by atoms with van der Waals surface area (Å²) in [5.41, 5.74) is 2.02. The van der Waals surface area contributed by atoms with E-state index in [1.54, 1.807) is 48.5 Å². The Morgan fingerprint density at radius 1 is 0.556 bits per heavy atom. The smallest absolute Gasteiger partial charge is 0.194 e. The van der Waals surface area contributed by atoms with E-state index in [0.717, 1.165) is 0 Å². The molecule has 2 aromatic carbocycles. The number of benzene rings is 2. The molecule has 0 N–H and O–H groups in total. The second kappa shape index (κ2) is 5.38. The minimum Gasteiger partial charge on any atom is -1.00 e. The molecule has 0 aromatic heterocycles. The average molecular weight is 279 g/mol. The molecule has 2 aromatic rings. The highest BCUT2D eigenvalue weighted by atomic mass is 35.5. The number of hydrogen-bond acceptors (Lipinski definition) is 2. The van der Waals surface area contributed by atoms with Gasteiger partial charge in [-0.15, -0.1) is 0 Å². The largest absolute Gasteiger partial charge is 1.00 e. The molecule has 18 heavy (non-hydrogen) atoms. The first kappa shape index (κ1) is 14.5. The van der Waals surface area contributed by atoms with Crippen LogP contribution in [0.15, 0.2) is 48.5 Å². The summed E-state index contributed by atoms with van der Waals surface area (Å²) in [7, 11) is 0. The third kappa shape index (κ3) is 1.96. The van der Waals surface area contributed by atoms with Crippen molar-refractivity contribution in [2.75, 3.05) is 0 Å². The van der Waals surface area contributed by atoms with Crippen LogP contribution in [0.3, 0.4) is 0 Å². The van der Waals surface area contributed by atoms with Gasteiger partial charge in [-0.1, -0.05) is 62.0 Å². The van der Waals surface area contributed by atoms with Crippen LogP contribution in [0.25, 0.3) is 0 Å². The van der Waals surface area contributed by atoms with E-state index < -0.39 is 0 Å². The third-order valence-corrected chi connectivity index (χ3v) is 2.83. The lowest BCUT2D eigenvalue weighted by molar-refractivity contribution is -0.0000172. The molecular weight excluding hydrogens is 268 g/mol. The predicted molar refractivity (Wildman–Crippen MR) is 71.3 cm³/mol. The summed E-state index contributed by atoms with van der Waals surface area (Å²) >= 11 is 0. The van der Waals surface area contributed by atoms with Crippen LogP contribution in [0.4, 0.5) is 0 Å². The molecule has 4 heteroatoms. The second-order valence-electron chi connectivity index (χ2n) is 3.75. The molecule has 1 aliphatic carbocycles. The topological polar surface area (TPSA) is 34.1 Å². The van der Waals surface area contributed by atoms with Gasteiger partial charge in [-0.05, 0) is 0 Å². The molecule has 0 radical (unpaired) electrons. The minimum atomic E-state index is -0.0641. The molecule has 2 nitrogen and oxygen atoms in total. The van der Waals surface area contributed by atoms with Gasteiger partial charge in [0.25, 0.3) is 0 Å². The molecule has 0 amide bonds. The molecular formula is C14H11ClO2S. The van der Waals surface area contributed by atoms with Crippen molar-refractivity contribution in [2.45, 2.75) is 0 Å². The molecule has 0 heterocycles. The number of ketones is 2. The van der Waals surface area contributed by atoms with Crippen LogP contribution in [0.1, 0.15) is 31.8 Å². The number of carbonyl (C=O) groups is 2. The number of halogens is 1. The predicted octanol–water partition coefficient (Wildman–Crippen LogP) is -1.34. The summed E-state index contributed by atoms with van der Waals surface area (Å²) in [4.78, 5) is 24.2. The molecule has 1 aliphatic rings. The maximum absolute atomic E-state index is 12.1. The molecule has 0 bridgehead atoms. The van der Waals surface area contributed by atoms with E-state index in [0.29, 0.717) is 22.3 Å². The maximum atomic E-state index is 12.1. The average Bonchev–Trinajstić information content (AvgIpc) is 2.36. The Balaban J connectivity index is 0.000000810. The molecule has 92 valence electrons. The Morgan fingerprint density at radius 2 is 0.778 bits per heavy atom. The van der Waals surface area contributed by atoms with Crippen molar-refractivity contribution >= 4 is 25.1 Å². The van der Waals surface area contributed by atoms with Crippen LogP contribution in [0.5, 0.6) is 0 Å². The summed E-state index contributed by atoms with van der Waals surface area (Å²) in [6, 6.07) is 13.9. The normalized spacial score (nSPS) is 11.8. The van der Waals surface area contributed by atoms with Crippen LogP contribution in [-0.2, 0) is 13.5 Å². The summed E-state index contributed by atoms with van der Waals surface area (Å²) in [6.07, 6.45) is 0. The van der Waals surface area contributed by atoms with Gasteiger partial charge in [0.2, 0.25) is 0 Å². The van der Waals surface area contributed by atoms with E-state index in [1.807, 2.05) is 0 Å². The minimum absolute atomic E-state index is 0. The Hall–Kier alpha value is -1.58. The molecule has 0 saturated heterocycles. The van der Waals surface area contributed by atoms with Crippen molar-refractivity contribution in [3.63, 3.8) is 0 Å². The van der Waals surface area contributed by atoms with Crippen LogP contribution in [-0.4, -0.2) is 11.6 Å². The first-order valence-corrected chi connectivity index (χ1v) is 5.06. The first-order chi connectivity index (χ1) is 7.79. The van der Waals surface area contributed by atoms with Gasteiger partial charge >= 0.3 is 0 Å². The molecule has 0 saturated carbocycles. The second-order valence-corrected chi connectivity index (χ2v) is 3.75. The Morgan fingerprint density at radius 3 is 1.00 bits per heavy atom. The monoisotopic (exact) mass is 278 g/mol. The van der Waals surface area contributed by atoms with Crippen molar-refractivity contribution in [3.05, 3.63) is 70.8 Å². The van der Waals surface area contributed by atoms with Gasteiger partial charge in [0.1, 0.15) is 0 Å². The van der Waals surface area contributed by atoms with Crippen molar-refractivity contribution in [2.24, 2.45) is 0 Å². The Labute approximate surface area is 118 Å². The zero-order valence-electron chi connectivity index (χ0n) is 9.39. The van der Waals surface area contributed by atoms with Gasteiger partial charge in [-0.2, -0.15) is 0 Å². The molecule has 3 rings (SSSR count). The zero-order valence-corrected chi connectivity index (χ0v) is 11.3. The van der Waals surface area contributed by atoms with Gasteiger partial charge < -0.3 is 12.4 Å². The Bertz CT molecular complexity index is 517. The highest BCUT2D eigenvalue weighted by molar-refractivity contribution is 7.37. The van der Waals surface area contributed by atoms with Crippen molar-refractivity contribution < 1.29 is 22.0 Å². The van der Waals surface area contributed by atoms with Gasteiger partial charge in [0.05, 0.1) is 0 Å². The fourth-order valence-corrected chi connectivity index (χ4v) is 2.05. The van der Waals surface area contributed by atoms with Crippen molar-refractivity contribution in [3.8, 4) is 0 Å². The number of rotatable bonds is 0. The summed E-state index contributed by atoms with van der Waals surface area (Å²) < 4.78 is 0. The fourth-order valence-electron chi connectivity index (χ4n) is 2.05. The van der Waals surface area contributed by atoms with E-state index in [2.05, 4.69) is 0 Å². The first-order valence-electron chi connectivity index (χ1n) is 5.06. The van der Waals surface area contributed by atoms with Crippen LogP contribution in [0, 0.1) is 0 Å². The number of fused-ring (bicyclic) bond motifs is 2. The fraction of sp³-hybridized carbons (Fsp3) is 0. The summed E-state index contributed by atoms with van der Waals surface area (Å²) in [5, 5.41) is 0. The van der Waals surface area contributed by atoms with E-state index in [4.69, 9.17) is 0 Å². The summed E-state index contributed by atoms with van der Waals surface area (Å²) in [5.74, 6) is -0.128. The Kier molecular flexibility index (Phi) is 4.33. The SMILES string of the molecule is O=C1c2ccccc2C(=O)c2ccccc21.[Cl-].[SH3+]. The van der Waals surface area contributed by atoms with Crippen molar-refractivity contribution in [1.82, 2.24) is 0 Å². The standard InChI is InChI=1S/C14H8O2.ClH.H2S/c15-13-9-5-1-2-6-10(9)14(16)12-8-4-3-7-11(12)13;;/h1-8H;1H;1H2. The highest BCUT2D eigenvalue weighted by Crippen LogP contribution is 2.26. The van der Waals surface area contributed by atoms with Gasteiger partial charge in [0.15, 0.2) is 11.6 Å². The zero-order chi connectivity index (χ0) is 11.1. The number of hydrogen-bond donors (Lipinski definition) is 0. The van der Waals surface area contributed by atoms with E-state index in [1.165, 1.54) is 0 Å². The van der Waals surface area contributed by atoms with Gasteiger partial charge in [-0.3, -0.25) is 9.59 Å². The third-order valence-electron chi connectivity index (χ3n) is 2.83. The van der Waals surface area contributed by atoms with Gasteiger partial charge in [-0.25, -0.2) is 0 Å². The molecule has 0 unspecified atom stereocenters. The lowest BCUT2D eigenvalue weighted by Crippen LogP contribution is -3.00. The lowest BCUT2D eigenvalue weighted by atomic mass is 9.84. The molecule has 0 atom stereocenters. The van der Waals surface area contributed by atoms with Gasteiger partial charge in [0, 0.05) is 22.3 Å². The van der Waals surface area contributed by atoms with E-state index >= 15 is 0 Å². The van der Waals surface area contributed by atoms with Crippen LogP contribution >= 0.6 is 0 Å². The molecule has 0 aliphatic heterocycles. The summed E-state index contributed by atoms with van der Waals surface area (Å²) in [6.45, 7) is 0. The molecule has 0 fully saturated rings. The highest BCUT2D eigenvalue weighted by Gasteiger charge is 2.28. The van der Waals surface area contributed by atoms with Crippen molar-refractivity contribution in [1.29, 1.82) is 0 Å². The maximum Gasteiger partial charge on any atom is 0.194 e. The van der Waals surface area contributed by atoms with E-state index in [9.17, 15) is 9.59 Å². The number of carbonyl (C=O) groups excluding carboxylic acids is 2. The quantitative estimate of drug-likeness (QED) is 0.477. The van der Waals surface area contributed by atoms with Crippen LogP contribution < -0.4 is 12.4 Å². The molecule has 0 spiro atoms. The lowest BCUT2D eigenvalue weighted by Gasteiger charge is -2.16. The van der Waals surface area contributed by atoms with E-state index in [-0.39, 0.29) is 37.5 Å². The van der Waals surface area contributed by atoms with Crippen LogP contribution in [0.2, 0.25) is 0 Å².